The summed E-state index contributed by atoms with van der Waals surface area (Å²) in [4.78, 5) is 1.26. The Balaban J connectivity index is 2.02. The van der Waals surface area contributed by atoms with Gasteiger partial charge in [0.2, 0.25) is 0 Å². The monoisotopic (exact) mass is 363 g/mol. The van der Waals surface area contributed by atoms with Crippen LogP contribution < -0.4 is 10.1 Å². The molecule has 2 aliphatic heterocycles. The third-order valence-electron chi connectivity index (χ3n) is 5.12. The minimum atomic E-state index is -0.0445. The van der Waals surface area contributed by atoms with Crippen molar-refractivity contribution in [2.75, 3.05) is 11.6 Å². The van der Waals surface area contributed by atoms with Gasteiger partial charge in [0.1, 0.15) is 11.9 Å². The number of rotatable bonds is 3. The normalized spacial score (nSPS) is 19.2. The molecule has 134 valence electrons. The second-order valence-corrected chi connectivity index (χ2v) is 8.44. The van der Waals surface area contributed by atoms with Gasteiger partial charge in [0, 0.05) is 33.7 Å². The second-order valence-electron chi connectivity index (χ2n) is 7.59. The predicted octanol–water partition coefficient (Wildman–Crippen LogP) is 6.69. The Morgan fingerprint density at radius 3 is 2.77 bits per heavy atom. The third kappa shape index (κ3) is 2.66. The number of thioether (sulfide) groups is 1. The van der Waals surface area contributed by atoms with Crippen molar-refractivity contribution >= 4 is 23.0 Å². The number of hydrogen-bond donors (Lipinski definition) is 1. The summed E-state index contributed by atoms with van der Waals surface area (Å²) in [6.07, 6.45) is 7.18. The first kappa shape index (κ1) is 17.3. The molecule has 0 saturated carbocycles. The van der Waals surface area contributed by atoms with Crippen molar-refractivity contribution in [2.45, 2.75) is 43.7 Å². The fourth-order valence-corrected chi connectivity index (χ4v) is 4.90. The molecule has 0 bridgehead atoms. The first-order valence-corrected chi connectivity index (χ1v) is 10.3. The van der Waals surface area contributed by atoms with Crippen LogP contribution in [-0.2, 0) is 0 Å². The van der Waals surface area contributed by atoms with Gasteiger partial charge in [-0.2, -0.15) is 0 Å². The molecule has 1 unspecified atom stereocenters. The minimum absolute atomic E-state index is 0.00609. The maximum Gasteiger partial charge on any atom is 0.129 e. The Hall–Kier alpha value is -2.13. The number of anilines is 1. The first-order valence-electron chi connectivity index (χ1n) is 9.05. The highest BCUT2D eigenvalue weighted by molar-refractivity contribution is 7.98. The molecule has 2 aromatic carbocycles. The van der Waals surface area contributed by atoms with Crippen molar-refractivity contribution in [1.82, 2.24) is 0 Å². The molecule has 1 N–H and O–H groups in total. The van der Waals surface area contributed by atoms with E-state index in [2.05, 4.69) is 75.3 Å². The summed E-state index contributed by atoms with van der Waals surface area (Å²) in [6, 6.07) is 10.8. The molecular formula is C23H25NOS. The SMILES string of the molecule is C=CCC1Oc2cccc(SC)c2-c2ccc3c(c21)C(C)=CC(C)(C)N3. The van der Waals surface area contributed by atoms with Gasteiger partial charge in [0.25, 0.3) is 0 Å². The standard InChI is InChI=1S/C23H25NOS/c1-6-8-17-22-15(21-18(25-17)9-7-10-19(21)26-5)11-12-16-20(22)14(2)13-23(3,4)24-16/h6-7,9-13,17,24H,1,8H2,2-5H3. The molecule has 0 amide bonds. The molecule has 1 atom stereocenters. The minimum Gasteiger partial charge on any atom is -0.485 e. The van der Waals surface area contributed by atoms with E-state index in [9.17, 15) is 0 Å². The number of nitrogens with one attached hydrogen (secondary N) is 1. The Labute approximate surface area is 160 Å². The average Bonchev–Trinajstić information content (AvgIpc) is 2.59. The summed E-state index contributed by atoms with van der Waals surface area (Å²) in [5.74, 6) is 0.974. The van der Waals surface area contributed by atoms with Crippen molar-refractivity contribution in [1.29, 1.82) is 0 Å². The molecule has 0 saturated heterocycles. The number of fused-ring (bicyclic) bond motifs is 5. The van der Waals surface area contributed by atoms with Crippen molar-refractivity contribution in [3.63, 3.8) is 0 Å². The summed E-state index contributed by atoms with van der Waals surface area (Å²) in [7, 11) is 0. The van der Waals surface area contributed by atoms with Crippen LogP contribution in [0.5, 0.6) is 5.75 Å². The maximum absolute atomic E-state index is 6.47. The van der Waals surface area contributed by atoms with E-state index in [1.54, 1.807) is 11.8 Å². The molecule has 0 spiro atoms. The molecule has 2 aromatic rings. The van der Waals surface area contributed by atoms with Crippen LogP contribution in [0, 0.1) is 0 Å². The molecule has 2 aliphatic rings. The molecule has 3 heteroatoms. The van der Waals surface area contributed by atoms with E-state index in [1.165, 1.54) is 38.4 Å². The zero-order valence-corrected chi connectivity index (χ0v) is 16.7. The highest BCUT2D eigenvalue weighted by Gasteiger charge is 2.33. The lowest BCUT2D eigenvalue weighted by molar-refractivity contribution is 0.205. The van der Waals surface area contributed by atoms with Crippen LogP contribution in [0.2, 0.25) is 0 Å². The fourth-order valence-electron chi connectivity index (χ4n) is 4.27. The van der Waals surface area contributed by atoms with Crippen molar-refractivity contribution in [3.05, 3.63) is 60.2 Å². The van der Waals surface area contributed by atoms with Crippen molar-refractivity contribution in [2.24, 2.45) is 0 Å². The quantitative estimate of drug-likeness (QED) is 0.485. The largest absolute Gasteiger partial charge is 0.485 e. The van der Waals surface area contributed by atoms with Gasteiger partial charge in [-0.25, -0.2) is 0 Å². The topological polar surface area (TPSA) is 21.3 Å². The number of hydrogen-bond acceptors (Lipinski definition) is 3. The van der Waals surface area contributed by atoms with Gasteiger partial charge in [0.05, 0.1) is 5.54 Å². The Morgan fingerprint density at radius 1 is 1.23 bits per heavy atom. The average molecular weight is 364 g/mol. The Bertz CT molecular complexity index is 926. The lowest BCUT2D eigenvalue weighted by atomic mass is 9.81. The van der Waals surface area contributed by atoms with Crippen LogP contribution in [0.1, 0.15) is 44.4 Å². The van der Waals surface area contributed by atoms with Crippen LogP contribution in [0.3, 0.4) is 0 Å². The molecule has 2 nitrogen and oxygen atoms in total. The van der Waals surface area contributed by atoms with Gasteiger partial charge in [-0.1, -0.05) is 24.3 Å². The lowest BCUT2D eigenvalue weighted by Crippen LogP contribution is -2.32. The van der Waals surface area contributed by atoms with Gasteiger partial charge >= 0.3 is 0 Å². The molecule has 26 heavy (non-hydrogen) atoms. The van der Waals surface area contributed by atoms with Crippen LogP contribution in [-0.4, -0.2) is 11.8 Å². The van der Waals surface area contributed by atoms with E-state index in [0.29, 0.717) is 0 Å². The van der Waals surface area contributed by atoms with E-state index in [-0.39, 0.29) is 11.6 Å². The second kappa shape index (κ2) is 6.24. The summed E-state index contributed by atoms with van der Waals surface area (Å²) in [5, 5.41) is 3.67. The highest BCUT2D eigenvalue weighted by atomic mass is 32.2. The molecule has 0 radical (unpaired) electrons. The molecule has 0 aromatic heterocycles. The number of ether oxygens (including phenoxy) is 1. The summed E-state index contributed by atoms with van der Waals surface area (Å²) < 4.78 is 6.47. The zero-order valence-electron chi connectivity index (χ0n) is 15.8. The van der Waals surface area contributed by atoms with Crippen LogP contribution in [0.15, 0.2) is 54.0 Å². The Morgan fingerprint density at radius 2 is 2.04 bits per heavy atom. The van der Waals surface area contributed by atoms with Gasteiger partial charge in [-0.15, -0.1) is 18.3 Å². The van der Waals surface area contributed by atoms with Gasteiger partial charge in [0.15, 0.2) is 0 Å². The number of benzene rings is 2. The van der Waals surface area contributed by atoms with E-state index in [1.807, 2.05) is 6.08 Å². The highest BCUT2D eigenvalue weighted by Crippen LogP contribution is 2.52. The molecule has 0 fully saturated rings. The number of allylic oxidation sites excluding steroid dienone is 1. The molecule has 2 heterocycles. The third-order valence-corrected chi connectivity index (χ3v) is 5.90. The molecule has 0 aliphatic carbocycles. The molecule has 4 rings (SSSR count). The van der Waals surface area contributed by atoms with Crippen LogP contribution in [0.4, 0.5) is 5.69 Å². The smallest absolute Gasteiger partial charge is 0.129 e. The van der Waals surface area contributed by atoms with Crippen molar-refractivity contribution in [3.8, 4) is 16.9 Å². The zero-order chi connectivity index (χ0) is 18.5. The van der Waals surface area contributed by atoms with E-state index < -0.39 is 0 Å². The summed E-state index contributed by atoms with van der Waals surface area (Å²) >= 11 is 1.77. The lowest BCUT2D eigenvalue weighted by Gasteiger charge is -2.37. The van der Waals surface area contributed by atoms with Crippen LogP contribution >= 0.6 is 11.8 Å². The Kier molecular flexibility index (Phi) is 4.15. The first-order chi connectivity index (χ1) is 12.4. The molecular weight excluding hydrogens is 338 g/mol. The summed E-state index contributed by atoms with van der Waals surface area (Å²) in [6.45, 7) is 10.6. The van der Waals surface area contributed by atoms with E-state index in [4.69, 9.17) is 4.74 Å². The fraction of sp³-hybridized carbons (Fsp3) is 0.304. The van der Waals surface area contributed by atoms with Gasteiger partial charge < -0.3 is 10.1 Å². The van der Waals surface area contributed by atoms with Crippen molar-refractivity contribution < 1.29 is 4.74 Å². The van der Waals surface area contributed by atoms with Gasteiger partial charge in [-0.3, -0.25) is 0 Å². The predicted molar refractivity (Wildman–Crippen MR) is 113 cm³/mol. The van der Waals surface area contributed by atoms with Crippen LogP contribution in [0.25, 0.3) is 16.7 Å². The van der Waals surface area contributed by atoms with E-state index in [0.717, 1.165) is 12.2 Å². The van der Waals surface area contributed by atoms with E-state index >= 15 is 0 Å². The maximum atomic E-state index is 6.47. The summed E-state index contributed by atoms with van der Waals surface area (Å²) in [5.41, 5.74) is 7.53. The van der Waals surface area contributed by atoms with Gasteiger partial charge in [-0.05, 0) is 56.4 Å².